The molecule has 25 heavy (non-hydrogen) atoms. The van der Waals surface area contributed by atoms with E-state index in [-0.39, 0.29) is 18.1 Å². The number of aromatic nitrogens is 3. The van der Waals surface area contributed by atoms with E-state index in [4.69, 9.17) is 0 Å². The lowest BCUT2D eigenvalue weighted by molar-refractivity contribution is 0.188. The highest BCUT2D eigenvalue weighted by Gasteiger charge is 2.25. The Hall–Kier alpha value is -2.57. The number of aryl methyl sites for hydroxylation is 1. The second kappa shape index (κ2) is 7.55. The Morgan fingerprint density at radius 1 is 1.40 bits per heavy atom. The lowest BCUT2D eigenvalue weighted by Crippen LogP contribution is -2.51. The number of nitrogens with zero attached hydrogens (tertiary/aromatic N) is 5. The Labute approximate surface area is 148 Å². The molecule has 1 saturated heterocycles. The number of rotatable bonds is 4. The van der Waals surface area contributed by atoms with E-state index in [1.54, 1.807) is 17.3 Å². The van der Waals surface area contributed by atoms with E-state index in [0.717, 1.165) is 37.2 Å². The molecule has 134 valence electrons. The summed E-state index contributed by atoms with van der Waals surface area (Å²) in [5.41, 5.74) is 2.19. The zero-order chi connectivity index (χ0) is 17.8. The number of hydrogen-bond donors (Lipinski definition) is 1. The molecule has 0 aromatic carbocycles. The molecule has 1 fully saturated rings. The van der Waals surface area contributed by atoms with Crippen LogP contribution in [0, 0.1) is 0 Å². The third-order valence-electron chi connectivity index (χ3n) is 4.90. The van der Waals surface area contributed by atoms with E-state index in [0.29, 0.717) is 0 Å². The average molecular weight is 342 g/mol. The highest BCUT2D eigenvalue weighted by molar-refractivity contribution is 5.75. The molecule has 7 heteroatoms. The number of anilines is 1. The van der Waals surface area contributed by atoms with Gasteiger partial charge in [0, 0.05) is 51.8 Å². The van der Waals surface area contributed by atoms with Crippen LogP contribution in [-0.2, 0) is 7.05 Å². The molecular weight excluding hydrogens is 316 g/mol. The first-order chi connectivity index (χ1) is 12.0. The van der Waals surface area contributed by atoms with Gasteiger partial charge in [-0.05, 0) is 37.5 Å². The largest absolute Gasteiger partial charge is 0.367 e. The van der Waals surface area contributed by atoms with Crippen molar-refractivity contribution in [2.75, 3.05) is 25.0 Å². The maximum absolute atomic E-state index is 12.6. The molecule has 0 bridgehead atoms. The van der Waals surface area contributed by atoms with Crippen molar-refractivity contribution in [1.82, 2.24) is 25.0 Å². The van der Waals surface area contributed by atoms with Gasteiger partial charge >= 0.3 is 6.03 Å². The lowest BCUT2D eigenvalue weighted by atomic mass is 10.1. The number of piperidine rings is 1. The van der Waals surface area contributed by atoms with Gasteiger partial charge in [-0.15, -0.1) is 0 Å². The van der Waals surface area contributed by atoms with Gasteiger partial charge in [-0.2, -0.15) is 5.10 Å². The minimum Gasteiger partial charge on any atom is -0.367 e. The summed E-state index contributed by atoms with van der Waals surface area (Å²) in [5.74, 6) is 0. The Balaban J connectivity index is 1.58. The number of pyridine rings is 1. The van der Waals surface area contributed by atoms with Gasteiger partial charge in [0.05, 0.1) is 17.9 Å². The molecule has 2 atom stereocenters. The van der Waals surface area contributed by atoms with Gasteiger partial charge in [-0.1, -0.05) is 0 Å². The van der Waals surface area contributed by atoms with Crippen LogP contribution in [0.2, 0.25) is 0 Å². The predicted octanol–water partition coefficient (Wildman–Crippen LogP) is 2.19. The van der Waals surface area contributed by atoms with Crippen LogP contribution in [-0.4, -0.2) is 51.9 Å². The number of amides is 2. The normalized spacial score (nSPS) is 18.7. The summed E-state index contributed by atoms with van der Waals surface area (Å²) in [4.78, 5) is 20.7. The fourth-order valence-corrected chi connectivity index (χ4v) is 3.22. The summed E-state index contributed by atoms with van der Waals surface area (Å²) in [5, 5.41) is 7.42. The van der Waals surface area contributed by atoms with Crippen molar-refractivity contribution in [3.8, 4) is 0 Å². The summed E-state index contributed by atoms with van der Waals surface area (Å²) in [6, 6.07) is 4.00. The van der Waals surface area contributed by atoms with Crippen LogP contribution in [0.4, 0.5) is 10.5 Å². The quantitative estimate of drug-likeness (QED) is 0.925. The van der Waals surface area contributed by atoms with Crippen molar-refractivity contribution < 1.29 is 4.79 Å². The molecule has 2 amide bonds. The van der Waals surface area contributed by atoms with E-state index in [2.05, 4.69) is 20.3 Å². The molecule has 1 aliphatic heterocycles. The summed E-state index contributed by atoms with van der Waals surface area (Å²) in [6.45, 7) is 3.84. The van der Waals surface area contributed by atoms with Gasteiger partial charge in [-0.3, -0.25) is 9.67 Å². The van der Waals surface area contributed by atoms with Crippen LogP contribution in [0.15, 0.2) is 36.9 Å². The van der Waals surface area contributed by atoms with Crippen molar-refractivity contribution in [3.05, 3.63) is 42.5 Å². The van der Waals surface area contributed by atoms with Crippen molar-refractivity contribution in [1.29, 1.82) is 0 Å². The molecule has 0 unspecified atom stereocenters. The second-order valence-electron chi connectivity index (χ2n) is 6.67. The number of carbonyl (C=O) groups excluding carboxylic acids is 1. The van der Waals surface area contributed by atoms with Crippen molar-refractivity contribution >= 4 is 11.7 Å². The molecule has 2 aromatic heterocycles. The molecule has 1 N–H and O–H groups in total. The molecule has 1 aliphatic rings. The monoisotopic (exact) mass is 342 g/mol. The fraction of sp³-hybridized carbons (Fsp3) is 0.500. The van der Waals surface area contributed by atoms with Crippen molar-refractivity contribution in [2.45, 2.75) is 31.8 Å². The third kappa shape index (κ3) is 4.10. The summed E-state index contributed by atoms with van der Waals surface area (Å²) in [7, 11) is 3.75. The molecule has 0 radical (unpaired) electrons. The smallest absolute Gasteiger partial charge is 0.317 e. The number of urea groups is 1. The molecule has 7 nitrogen and oxygen atoms in total. The molecule has 0 saturated carbocycles. The van der Waals surface area contributed by atoms with Gasteiger partial charge in [0.1, 0.15) is 0 Å². The first-order valence-corrected chi connectivity index (χ1v) is 8.71. The van der Waals surface area contributed by atoms with E-state index < -0.39 is 0 Å². The van der Waals surface area contributed by atoms with Crippen LogP contribution in [0.5, 0.6) is 0 Å². The Kier molecular flexibility index (Phi) is 5.21. The minimum absolute atomic E-state index is 0.000942. The molecule has 0 spiro atoms. The number of hydrogen-bond acceptors (Lipinski definition) is 4. The highest BCUT2D eigenvalue weighted by atomic mass is 16.2. The van der Waals surface area contributed by atoms with Crippen LogP contribution in [0.1, 0.15) is 31.4 Å². The number of carbonyl (C=O) groups is 1. The molecule has 3 heterocycles. The van der Waals surface area contributed by atoms with E-state index in [9.17, 15) is 4.79 Å². The van der Waals surface area contributed by atoms with Gasteiger partial charge in [-0.25, -0.2) is 4.79 Å². The standard InChI is InChI=1S/C18H26N6O/c1-14(15-6-8-19-9-7-15)23(3)18(25)21-16-5-4-10-24(12-16)17-11-20-22(2)13-17/h6-9,11,13-14,16H,4-5,10,12H2,1-3H3,(H,21,25)/t14-,16-/m0/s1. The maximum Gasteiger partial charge on any atom is 0.317 e. The van der Waals surface area contributed by atoms with Gasteiger partial charge in [0.15, 0.2) is 0 Å². The first-order valence-electron chi connectivity index (χ1n) is 8.71. The van der Waals surface area contributed by atoms with Crippen molar-refractivity contribution in [3.63, 3.8) is 0 Å². The molecule has 0 aliphatic carbocycles. The summed E-state index contributed by atoms with van der Waals surface area (Å²) >= 11 is 0. The van der Waals surface area contributed by atoms with Gasteiger partial charge < -0.3 is 15.1 Å². The Morgan fingerprint density at radius 3 is 2.84 bits per heavy atom. The Bertz CT molecular complexity index is 701. The zero-order valence-corrected chi connectivity index (χ0v) is 15.1. The van der Waals surface area contributed by atoms with Crippen LogP contribution in [0.25, 0.3) is 0 Å². The number of nitrogens with one attached hydrogen (secondary N) is 1. The van der Waals surface area contributed by atoms with Crippen LogP contribution < -0.4 is 10.2 Å². The van der Waals surface area contributed by atoms with E-state index in [1.165, 1.54) is 0 Å². The van der Waals surface area contributed by atoms with Gasteiger partial charge in [0.2, 0.25) is 0 Å². The van der Waals surface area contributed by atoms with E-state index in [1.807, 2.05) is 50.2 Å². The van der Waals surface area contributed by atoms with Gasteiger partial charge in [0.25, 0.3) is 0 Å². The summed E-state index contributed by atoms with van der Waals surface area (Å²) < 4.78 is 1.81. The molecule has 2 aromatic rings. The highest BCUT2D eigenvalue weighted by Crippen LogP contribution is 2.21. The predicted molar refractivity (Wildman–Crippen MR) is 97.4 cm³/mol. The average Bonchev–Trinajstić information content (AvgIpc) is 3.08. The van der Waals surface area contributed by atoms with Crippen molar-refractivity contribution in [2.24, 2.45) is 7.05 Å². The lowest BCUT2D eigenvalue weighted by Gasteiger charge is -2.35. The second-order valence-corrected chi connectivity index (χ2v) is 6.67. The molecular formula is C18H26N6O. The SMILES string of the molecule is C[C@@H](c1ccncc1)N(C)C(=O)N[C@H]1CCCN(c2cnn(C)c2)C1. The summed E-state index contributed by atoms with van der Waals surface area (Å²) in [6.07, 6.45) is 9.46. The van der Waals surface area contributed by atoms with E-state index >= 15 is 0 Å². The molecule has 3 rings (SSSR count). The fourth-order valence-electron chi connectivity index (χ4n) is 3.22. The minimum atomic E-state index is -0.0395. The Morgan fingerprint density at radius 2 is 2.16 bits per heavy atom. The third-order valence-corrected chi connectivity index (χ3v) is 4.90. The zero-order valence-electron chi connectivity index (χ0n) is 15.1. The topological polar surface area (TPSA) is 66.3 Å². The van der Waals surface area contributed by atoms with Crippen LogP contribution >= 0.6 is 0 Å². The first kappa shape index (κ1) is 17.3. The van der Waals surface area contributed by atoms with Crippen LogP contribution in [0.3, 0.4) is 0 Å². The maximum atomic E-state index is 12.6.